The normalized spacial score (nSPS) is 13.2. The fraction of sp³-hybridized carbons (Fsp3) is 0.167. The monoisotopic (exact) mass is 264 g/mol. The minimum Gasteiger partial charge on any atom is -0.489 e. The fourth-order valence-corrected chi connectivity index (χ4v) is 2.45. The molecule has 0 fully saturated rings. The number of aryl methyl sites for hydroxylation is 1. The van der Waals surface area contributed by atoms with E-state index in [4.69, 9.17) is 4.74 Å². The maximum atomic E-state index is 11.3. The molecule has 0 saturated heterocycles. The van der Waals surface area contributed by atoms with E-state index in [0.29, 0.717) is 6.61 Å². The van der Waals surface area contributed by atoms with Gasteiger partial charge in [-0.25, -0.2) is 0 Å². The number of rotatable bonds is 2. The van der Waals surface area contributed by atoms with Crippen molar-refractivity contribution in [3.63, 3.8) is 0 Å². The van der Waals surface area contributed by atoms with Crippen LogP contribution in [-0.4, -0.2) is 12.4 Å². The lowest BCUT2D eigenvalue weighted by Crippen LogP contribution is -2.05. The van der Waals surface area contributed by atoms with Gasteiger partial charge in [0, 0.05) is 11.1 Å². The summed E-state index contributed by atoms with van der Waals surface area (Å²) in [4.78, 5) is 11.3. The summed E-state index contributed by atoms with van der Waals surface area (Å²) in [6.07, 6.45) is 2.08. The molecule has 0 aliphatic carbocycles. The van der Waals surface area contributed by atoms with Gasteiger partial charge in [-0.05, 0) is 42.7 Å². The van der Waals surface area contributed by atoms with E-state index in [9.17, 15) is 4.79 Å². The summed E-state index contributed by atoms with van der Waals surface area (Å²) in [5.41, 5.74) is 5.32. The number of Topliss-reactive ketones (excluding diaryl/α,β-unsaturated/α-hetero) is 1. The smallest absolute Gasteiger partial charge is 0.159 e. The summed E-state index contributed by atoms with van der Waals surface area (Å²) in [6.45, 7) is 4.23. The van der Waals surface area contributed by atoms with Crippen molar-refractivity contribution in [2.45, 2.75) is 13.8 Å². The average molecular weight is 264 g/mol. The zero-order valence-corrected chi connectivity index (χ0v) is 11.6. The molecule has 2 aromatic rings. The second-order valence-corrected chi connectivity index (χ2v) is 5.06. The van der Waals surface area contributed by atoms with Gasteiger partial charge in [0.05, 0.1) is 0 Å². The number of carbonyl (C=O) groups is 1. The first-order valence-corrected chi connectivity index (χ1v) is 6.70. The number of ether oxygens (including phenoxy) is 1. The molecule has 20 heavy (non-hydrogen) atoms. The SMILES string of the molecule is CC(=O)c1ccc(C2=CCOc3cc(C)ccc32)cc1. The molecule has 2 aromatic carbocycles. The van der Waals surface area contributed by atoms with Gasteiger partial charge in [-0.3, -0.25) is 4.79 Å². The van der Waals surface area contributed by atoms with Crippen LogP contribution in [0, 0.1) is 6.92 Å². The van der Waals surface area contributed by atoms with Gasteiger partial charge in [0.2, 0.25) is 0 Å². The number of hydrogen-bond acceptors (Lipinski definition) is 2. The Hall–Kier alpha value is -2.35. The molecule has 0 saturated carbocycles. The van der Waals surface area contributed by atoms with E-state index in [2.05, 4.69) is 31.2 Å². The van der Waals surface area contributed by atoms with Gasteiger partial charge < -0.3 is 4.74 Å². The fourth-order valence-electron chi connectivity index (χ4n) is 2.45. The largest absolute Gasteiger partial charge is 0.489 e. The van der Waals surface area contributed by atoms with Crippen molar-refractivity contribution in [3.05, 3.63) is 70.8 Å². The highest BCUT2D eigenvalue weighted by Crippen LogP contribution is 2.34. The zero-order valence-electron chi connectivity index (χ0n) is 11.6. The molecule has 2 nitrogen and oxygen atoms in total. The zero-order chi connectivity index (χ0) is 14.1. The number of benzene rings is 2. The maximum absolute atomic E-state index is 11.3. The highest BCUT2D eigenvalue weighted by molar-refractivity contribution is 5.94. The first-order valence-electron chi connectivity index (χ1n) is 6.70. The maximum Gasteiger partial charge on any atom is 0.159 e. The molecular weight excluding hydrogens is 248 g/mol. The van der Waals surface area contributed by atoms with Gasteiger partial charge in [0.25, 0.3) is 0 Å². The molecule has 1 aliphatic rings. The van der Waals surface area contributed by atoms with Crippen LogP contribution in [0.2, 0.25) is 0 Å². The highest BCUT2D eigenvalue weighted by atomic mass is 16.5. The van der Waals surface area contributed by atoms with Crippen LogP contribution in [-0.2, 0) is 0 Å². The molecule has 0 atom stereocenters. The van der Waals surface area contributed by atoms with Gasteiger partial charge >= 0.3 is 0 Å². The standard InChI is InChI=1S/C18H16O2/c1-12-3-8-17-16(9-10-20-18(17)11-12)15-6-4-14(5-7-15)13(2)19/h3-9,11H,10H2,1-2H3. The van der Waals surface area contributed by atoms with E-state index in [1.165, 1.54) is 11.1 Å². The second-order valence-electron chi connectivity index (χ2n) is 5.06. The Morgan fingerprint density at radius 1 is 1.10 bits per heavy atom. The predicted molar refractivity (Wildman–Crippen MR) is 80.2 cm³/mol. The Kier molecular flexibility index (Phi) is 3.15. The van der Waals surface area contributed by atoms with Crippen LogP contribution >= 0.6 is 0 Å². The van der Waals surface area contributed by atoms with E-state index >= 15 is 0 Å². The second kappa shape index (κ2) is 4.97. The Balaban J connectivity index is 2.03. The molecule has 0 bridgehead atoms. The minimum atomic E-state index is 0.0912. The number of fused-ring (bicyclic) bond motifs is 1. The summed E-state index contributed by atoms with van der Waals surface area (Å²) >= 11 is 0. The topological polar surface area (TPSA) is 26.3 Å². The summed E-state index contributed by atoms with van der Waals surface area (Å²) in [6, 6.07) is 14.0. The van der Waals surface area contributed by atoms with E-state index in [-0.39, 0.29) is 5.78 Å². The van der Waals surface area contributed by atoms with Crippen LogP contribution in [0.25, 0.3) is 5.57 Å². The molecule has 3 rings (SSSR count). The van der Waals surface area contributed by atoms with E-state index in [1.807, 2.05) is 24.3 Å². The van der Waals surface area contributed by atoms with E-state index in [0.717, 1.165) is 22.4 Å². The number of hydrogen-bond donors (Lipinski definition) is 0. The van der Waals surface area contributed by atoms with Gasteiger partial charge in [0.15, 0.2) is 5.78 Å². The minimum absolute atomic E-state index is 0.0912. The van der Waals surface area contributed by atoms with Gasteiger partial charge in [0.1, 0.15) is 12.4 Å². The van der Waals surface area contributed by atoms with Crippen molar-refractivity contribution in [2.75, 3.05) is 6.61 Å². The molecule has 1 heterocycles. The van der Waals surface area contributed by atoms with Crippen molar-refractivity contribution in [2.24, 2.45) is 0 Å². The lowest BCUT2D eigenvalue weighted by atomic mass is 9.94. The van der Waals surface area contributed by atoms with Crippen LogP contribution in [0.1, 0.15) is 34.0 Å². The molecule has 0 spiro atoms. The third-order valence-corrected chi connectivity index (χ3v) is 3.56. The van der Waals surface area contributed by atoms with Crippen LogP contribution in [0.3, 0.4) is 0 Å². The van der Waals surface area contributed by atoms with Crippen LogP contribution in [0.5, 0.6) is 5.75 Å². The molecule has 100 valence electrons. The first-order chi connectivity index (χ1) is 9.65. The Bertz CT molecular complexity index is 694. The van der Waals surface area contributed by atoms with Crippen molar-refractivity contribution >= 4 is 11.4 Å². The Morgan fingerprint density at radius 2 is 1.85 bits per heavy atom. The molecular formula is C18H16O2. The Morgan fingerprint density at radius 3 is 2.55 bits per heavy atom. The third kappa shape index (κ3) is 2.25. The molecule has 0 N–H and O–H groups in total. The lowest BCUT2D eigenvalue weighted by molar-refractivity contribution is 0.101. The lowest BCUT2D eigenvalue weighted by Gasteiger charge is -2.19. The molecule has 0 aromatic heterocycles. The number of ketones is 1. The van der Waals surface area contributed by atoms with Crippen molar-refractivity contribution in [1.29, 1.82) is 0 Å². The van der Waals surface area contributed by atoms with Gasteiger partial charge in [-0.1, -0.05) is 36.4 Å². The number of carbonyl (C=O) groups excluding carboxylic acids is 1. The summed E-state index contributed by atoms with van der Waals surface area (Å²) < 4.78 is 5.69. The quantitative estimate of drug-likeness (QED) is 0.766. The van der Waals surface area contributed by atoms with Crippen LogP contribution in [0.4, 0.5) is 0 Å². The van der Waals surface area contributed by atoms with E-state index in [1.54, 1.807) is 6.92 Å². The third-order valence-electron chi connectivity index (χ3n) is 3.56. The summed E-state index contributed by atoms with van der Waals surface area (Å²) in [5.74, 6) is 1.02. The summed E-state index contributed by atoms with van der Waals surface area (Å²) in [7, 11) is 0. The van der Waals surface area contributed by atoms with Crippen molar-refractivity contribution in [3.8, 4) is 5.75 Å². The predicted octanol–water partition coefficient (Wildman–Crippen LogP) is 4.02. The molecule has 0 amide bonds. The highest BCUT2D eigenvalue weighted by Gasteiger charge is 2.15. The molecule has 2 heteroatoms. The van der Waals surface area contributed by atoms with Crippen molar-refractivity contribution in [1.82, 2.24) is 0 Å². The van der Waals surface area contributed by atoms with E-state index < -0.39 is 0 Å². The Labute approximate surface area is 118 Å². The van der Waals surface area contributed by atoms with Gasteiger partial charge in [-0.15, -0.1) is 0 Å². The first kappa shape index (κ1) is 12.7. The molecule has 0 unspecified atom stereocenters. The average Bonchev–Trinajstić information content (AvgIpc) is 2.46. The van der Waals surface area contributed by atoms with Crippen LogP contribution < -0.4 is 4.74 Å². The molecule has 1 aliphatic heterocycles. The van der Waals surface area contributed by atoms with Crippen LogP contribution in [0.15, 0.2) is 48.5 Å². The van der Waals surface area contributed by atoms with Crippen molar-refractivity contribution < 1.29 is 9.53 Å². The molecule has 0 radical (unpaired) electrons. The summed E-state index contributed by atoms with van der Waals surface area (Å²) in [5, 5.41) is 0. The van der Waals surface area contributed by atoms with Gasteiger partial charge in [-0.2, -0.15) is 0 Å².